The summed E-state index contributed by atoms with van der Waals surface area (Å²) in [6, 6.07) is 14.0. The standard InChI is InChI=1S/C23H28N4O2S/c1-15(2)19-11-8-17(4)12-20(19)29-13-21-25-26-23(27(21)5)30-14-22(28)24-18-9-6-16(3)7-10-18/h6-12,15H,13-14H2,1-5H3,(H,24,28). The quantitative estimate of drug-likeness (QED) is 0.523. The first-order chi connectivity index (χ1) is 14.3. The van der Waals surface area contributed by atoms with Crippen molar-refractivity contribution in [2.24, 2.45) is 7.05 Å². The third-order valence-corrected chi connectivity index (χ3v) is 5.76. The van der Waals surface area contributed by atoms with E-state index in [0.29, 0.717) is 23.5 Å². The molecule has 3 rings (SSSR count). The lowest BCUT2D eigenvalue weighted by Crippen LogP contribution is -2.14. The third kappa shape index (κ3) is 5.63. The van der Waals surface area contributed by atoms with Gasteiger partial charge >= 0.3 is 0 Å². The largest absolute Gasteiger partial charge is 0.485 e. The lowest BCUT2D eigenvalue weighted by atomic mass is 10.0. The van der Waals surface area contributed by atoms with E-state index in [9.17, 15) is 4.79 Å². The van der Waals surface area contributed by atoms with Crippen LogP contribution in [0.25, 0.3) is 0 Å². The molecule has 0 saturated heterocycles. The number of thioether (sulfide) groups is 1. The summed E-state index contributed by atoms with van der Waals surface area (Å²) in [7, 11) is 1.89. The zero-order chi connectivity index (χ0) is 21.7. The molecule has 0 bridgehead atoms. The van der Waals surface area contributed by atoms with Gasteiger partial charge in [0.1, 0.15) is 12.4 Å². The number of aryl methyl sites for hydroxylation is 2. The molecular weight excluding hydrogens is 396 g/mol. The highest BCUT2D eigenvalue weighted by Crippen LogP contribution is 2.28. The Labute approximate surface area is 182 Å². The number of nitrogens with zero attached hydrogens (tertiary/aromatic N) is 3. The summed E-state index contributed by atoms with van der Waals surface area (Å²) < 4.78 is 7.93. The highest BCUT2D eigenvalue weighted by molar-refractivity contribution is 7.99. The molecule has 0 atom stereocenters. The minimum absolute atomic E-state index is 0.0778. The average Bonchev–Trinajstić information content (AvgIpc) is 3.06. The van der Waals surface area contributed by atoms with Crippen LogP contribution in [0.15, 0.2) is 47.6 Å². The Morgan fingerprint density at radius 2 is 1.80 bits per heavy atom. The summed E-state index contributed by atoms with van der Waals surface area (Å²) in [5.74, 6) is 2.15. The van der Waals surface area contributed by atoms with Crippen molar-refractivity contribution in [3.05, 3.63) is 65.0 Å². The molecule has 0 spiro atoms. The van der Waals surface area contributed by atoms with E-state index in [1.807, 2.05) is 42.8 Å². The predicted octanol–water partition coefficient (Wildman–Crippen LogP) is 4.87. The maximum Gasteiger partial charge on any atom is 0.234 e. The van der Waals surface area contributed by atoms with Gasteiger partial charge in [-0.3, -0.25) is 4.79 Å². The summed E-state index contributed by atoms with van der Waals surface area (Å²) in [4.78, 5) is 12.2. The first-order valence-corrected chi connectivity index (χ1v) is 10.9. The van der Waals surface area contributed by atoms with Crippen molar-refractivity contribution in [3.8, 4) is 5.75 Å². The van der Waals surface area contributed by atoms with Crippen LogP contribution in [0.4, 0.5) is 5.69 Å². The molecule has 0 aliphatic heterocycles. The second kappa shape index (κ2) is 9.80. The summed E-state index contributed by atoms with van der Waals surface area (Å²) in [6.45, 7) is 8.68. The van der Waals surface area contributed by atoms with E-state index < -0.39 is 0 Å². The molecule has 6 nitrogen and oxygen atoms in total. The van der Waals surface area contributed by atoms with Crippen molar-refractivity contribution in [2.75, 3.05) is 11.1 Å². The lowest BCUT2D eigenvalue weighted by Gasteiger charge is -2.14. The Morgan fingerprint density at radius 3 is 2.50 bits per heavy atom. The number of ether oxygens (including phenoxy) is 1. The molecule has 0 aliphatic rings. The number of aromatic nitrogens is 3. The van der Waals surface area contributed by atoms with E-state index in [1.54, 1.807) is 0 Å². The topological polar surface area (TPSA) is 69.0 Å². The lowest BCUT2D eigenvalue weighted by molar-refractivity contribution is -0.113. The number of hydrogen-bond acceptors (Lipinski definition) is 5. The maximum absolute atomic E-state index is 12.2. The van der Waals surface area contributed by atoms with Crippen LogP contribution in [0.2, 0.25) is 0 Å². The highest BCUT2D eigenvalue weighted by atomic mass is 32.2. The maximum atomic E-state index is 12.2. The van der Waals surface area contributed by atoms with Gasteiger partial charge in [0.25, 0.3) is 0 Å². The van der Waals surface area contributed by atoms with Gasteiger partial charge < -0.3 is 14.6 Å². The number of rotatable bonds is 8. The normalized spacial score (nSPS) is 11.0. The Hall–Kier alpha value is -2.80. The molecule has 1 heterocycles. The predicted molar refractivity (Wildman–Crippen MR) is 121 cm³/mol. The van der Waals surface area contributed by atoms with Gasteiger partial charge in [0.15, 0.2) is 11.0 Å². The average molecular weight is 425 g/mol. The zero-order valence-electron chi connectivity index (χ0n) is 18.1. The number of hydrogen-bond donors (Lipinski definition) is 1. The number of anilines is 1. The Kier molecular flexibility index (Phi) is 7.15. The van der Waals surface area contributed by atoms with Gasteiger partial charge in [-0.15, -0.1) is 10.2 Å². The van der Waals surface area contributed by atoms with E-state index in [-0.39, 0.29) is 11.7 Å². The number of carbonyl (C=O) groups is 1. The molecule has 0 radical (unpaired) electrons. The molecule has 2 aromatic carbocycles. The SMILES string of the molecule is Cc1ccc(NC(=O)CSc2nnc(COc3cc(C)ccc3C(C)C)n2C)cc1. The molecule has 1 amide bonds. The summed E-state index contributed by atoms with van der Waals surface area (Å²) in [5, 5.41) is 12.0. The summed E-state index contributed by atoms with van der Waals surface area (Å²) in [5.41, 5.74) is 4.27. The fourth-order valence-corrected chi connectivity index (χ4v) is 3.68. The number of nitrogens with one attached hydrogen (secondary N) is 1. The van der Waals surface area contributed by atoms with E-state index in [2.05, 4.69) is 54.5 Å². The fourth-order valence-electron chi connectivity index (χ4n) is 2.95. The van der Waals surface area contributed by atoms with Gasteiger partial charge in [0, 0.05) is 12.7 Å². The molecule has 7 heteroatoms. The van der Waals surface area contributed by atoms with Gasteiger partial charge in [0.2, 0.25) is 5.91 Å². The zero-order valence-corrected chi connectivity index (χ0v) is 18.9. The molecule has 0 aliphatic carbocycles. The minimum atomic E-state index is -0.0778. The van der Waals surface area contributed by atoms with Gasteiger partial charge in [0.05, 0.1) is 5.75 Å². The molecule has 0 saturated carbocycles. The van der Waals surface area contributed by atoms with Crippen molar-refractivity contribution in [3.63, 3.8) is 0 Å². The molecule has 1 N–H and O–H groups in total. The van der Waals surface area contributed by atoms with Crippen LogP contribution < -0.4 is 10.1 Å². The van der Waals surface area contributed by atoms with E-state index in [0.717, 1.165) is 22.6 Å². The molecule has 0 unspecified atom stereocenters. The van der Waals surface area contributed by atoms with Crippen LogP contribution in [0.1, 0.15) is 42.3 Å². The van der Waals surface area contributed by atoms with Gasteiger partial charge in [-0.2, -0.15) is 0 Å². The van der Waals surface area contributed by atoms with Crippen molar-refractivity contribution in [1.29, 1.82) is 0 Å². The van der Waals surface area contributed by atoms with Crippen molar-refractivity contribution in [1.82, 2.24) is 14.8 Å². The first-order valence-electron chi connectivity index (χ1n) is 9.94. The van der Waals surface area contributed by atoms with Crippen LogP contribution in [0.5, 0.6) is 5.75 Å². The Morgan fingerprint density at radius 1 is 1.10 bits per heavy atom. The summed E-state index contributed by atoms with van der Waals surface area (Å²) >= 11 is 1.35. The number of carbonyl (C=O) groups excluding carboxylic acids is 1. The molecule has 30 heavy (non-hydrogen) atoms. The third-order valence-electron chi connectivity index (χ3n) is 4.74. The van der Waals surface area contributed by atoms with Crippen molar-refractivity contribution in [2.45, 2.75) is 45.4 Å². The number of benzene rings is 2. The Bertz CT molecular complexity index is 1010. The van der Waals surface area contributed by atoms with Gasteiger partial charge in [-0.05, 0) is 49.1 Å². The van der Waals surface area contributed by atoms with Gasteiger partial charge in [-0.1, -0.05) is 55.4 Å². The first kappa shape index (κ1) is 21.9. The molecule has 3 aromatic rings. The van der Waals surface area contributed by atoms with Crippen molar-refractivity contribution < 1.29 is 9.53 Å². The molecule has 158 valence electrons. The van der Waals surface area contributed by atoms with Crippen LogP contribution in [-0.2, 0) is 18.4 Å². The summed E-state index contributed by atoms with van der Waals surface area (Å²) in [6.07, 6.45) is 0. The molecule has 0 fully saturated rings. The smallest absolute Gasteiger partial charge is 0.234 e. The van der Waals surface area contributed by atoms with Gasteiger partial charge in [-0.25, -0.2) is 0 Å². The number of amides is 1. The Balaban J connectivity index is 1.58. The van der Waals surface area contributed by atoms with E-state index in [1.165, 1.54) is 17.3 Å². The van der Waals surface area contributed by atoms with E-state index in [4.69, 9.17) is 4.74 Å². The monoisotopic (exact) mass is 424 g/mol. The molecular formula is C23H28N4O2S. The van der Waals surface area contributed by atoms with Crippen LogP contribution in [0.3, 0.4) is 0 Å². The van der Waals surface area contributed by atoms with E-state index >= 15 is 0 Å². The molecule has 1 aromatic heterocycles. The van der Waals surface area contributed by atoms with Crippen LogP contribution in [-0.4, -0.2) is 26.4 Å². The van der Waals surface area contributed by atoms with Crippen LogP contribution in [0, 0.1) is 13.8 Å². The van der Waals surface area contributed by atoms with Crippen molar-refractivity contribution >= 4 is 23.4 Å². The second-order valence-corrected chi connectivity index (χ2v) is 8.59. The second-order valence-electron chi connectivity index (χ2n) is 7.65. The fraction of sp³-hybridized carbons (Fsp3) is 0.348. The minimum Gasteiger partial charge on any atom is -0.485 e. The van der Waals surface area contributed by atoms with Crippen LogP contribution >= 0.6 is 11.8 Å². The highest BCUT2D eigenvalue weighted by Gasteiger charge is 2.14.